The zero-order valence-electron chi connectivity index (χ0n) is 49.7. The van der Waals surface area contributed by atoms with Crippen molar-refractivity contribution in [1.29, 1.82) is 0 Å². The molecular weight excluding hydrogens is 1260 g/mol. The van der Waals surface area contributed by atoms with Crippen LogP contribution in [-0.2, 0) is 76.0 Å². The molecule has 6 rings (SSSR count). The summed E-state index contributed by atoms with van der Waals surface area (Å²) in [5.74, 6) is -8.40. The molecule has 0 aromatic heterocycles. The topological polar surface area (TPSA) is 660 Å². The molecule has 6 heterocycles. The van der Waals surface area contributed by atoms with E-state index in [0.717, 1.165) is 20.8 Å². The van der Waals surface area contributed by atoms with Crippen LogP contribution in [0.25, 0.3) is 0 Å². The van der Waals surface area contributed by atoms with E-state index in [4.69, 9.17) is 56.8 Å². The summed E-state index contributed by atoms with van der Waals surface area (Å²) in [7, 11) is 0. The largest absolute Gasteiger partial charge is 0.477 e. The van der Waals surface area contributed by atoms with Crippen LogP contribution in [0.1, 0.15) is 34.1 Å². The van der Waals surface area contributed by atoms with Crippen LogP contribution in [0, 0.1) is 0 Å². The molecule has 41 nitrogen and oxygen atoms in total. The fourth-order valence-corrected chi connectivity index (χ4v) is 11.3. The molecule has 6 saturated heterocycles. The summed E-state index contributed by atoms with van der Waals surface area (Å²) < 4.78 is 70.5. The average molecular weight is 1350 g/mol. The first-order chi connectivity index (χ1) is 43.2. The lowest BCUT2D eigenvalue weighted by Gasteiger charge is -2.53. The van der Waals surface area contributed by atoms with Gasteiger partial charge in [0.1, 0.15) is 153 Å². The van der Waals surface area contributed by atoms with Gasteiger partial charge in [0.15, 0.2) is 31.5 Å². The Kier molecular flexibility index (Phi) is 28.4. The van der Waals surface area contributed by atoms with E-state index in [2.05, 4.69) is 16.0 Å². The molecule has 0 saturated carbocycles. The zero-order chi connectivity index (χ0) is 68.7. The van der Waals surface area contributed by atoms with Crippen LogP contribution in [0.3, 0.4) is 0 Å². The Morgan fingerprint density at radius 2 is 0.967 bits per heavy atom. The molecule has 41 heteroatoms. The second-order valence-electron chi connectivity index (χ2n) is 23.0. The second kappa shape index (κ2) is 33.7. The van der Waals surface area contributed by atoms with E-state index in [1.54, 1.807) is 0 Å². The van der Waals surface area contributed by atoms with Crippen molar-refractivity contribution in [3.63, 3.8) is 0 Å². The lowest BCUT2D eigenvalue weighted by molar-refractivity contribution is -0.407. The SMILES string of the molecule is CC(=O)N[C@H]1[C@H](OC[C@@H](O)[C@H](O)[C@H](O[C@@H]2O[C@H](CO)[C@H](O)[C@H](O)[C@H]2O)[C@H](CO)NC(C)=O)O[C@H](CO)[C@@H](O[C@@H]2O[C@H](CO)[C@H](O[C@@H]3O[C@H](CO)[C@H](O)[C@H](O)[C@H]3O)[C@H](O[C@]3(C(=O)O)C[C@H](O)[C@@H](NC(C)=O)[C@H]([C@H](O)[C@H](O)CO)O3)[C@H]2O)[C@@H]1O[C@@H]1O[C@@H](C)[C@@H](O)[C@@H](O)[C@@H]1O. The summed E-state index contributed by atoms with van der Waals surface area (Å²) in [6.07, 6.45) is -67.3. The molecule has 0 radical (unpaired) electrons. The standard InChI is InChI=1S/C51H87N3O38/c1-13-27(67)32(72)35(75)46(82-13)90-43-26(54-16(4)63)45(81-12-20(66)29(69)39(17(6-55)52-14(2)61)87-47-36(76)33(73)30(70)21(8-57)83-47)85-23(10-59)40(43)88-49-38(78)44(41(24(11-60)86-49)89-48-37(77)34(74)31(71)22(9-58)84-48)92-51(50(79)80)5-18(64)25(53-15(3)62)42(91-51)28(68)19(65)7-56/h13,17-49,55-60,64-78H,5-12H2,1-4H3,(H,52,61)(H,53,62)(H,54,63)(H,79,80)/t13-,17-,18-,19+,20+,21+,22+,23+,24+,25+,26+,27+,28+,29-,30-,31-,32+,33-,34-,35-,36+,37+,38+,39+,40+,41-,42+,43+,44+,45+,46-,47-,48-,49-,51-/m0/s1. The number of carbonyl (C=O) groups is 4. The molecular formula is C51H87N3O38. The Morgan fingerprint density at radius 3 is 1.47 bits per heavy atom. The maximum atomic E-state index is 13.6. The van der Waals surface area contributed by atoms with Gasteiger partial charge in [-0.1, -0.05) is 0 Å². The van der Waals surface area contributed by atoms with Crippen LogP contribution in [0.2, 0.25) is 0 Å². The summed E-state index contributed by atoms with van der Waals surface area (Å²) in [6, 6.07) is -5.48. The van der Waals surface area contributed by atoms with Gasteiger partial charge in [-0.3, -0.25) is 14.4 Å². The van der Waals surface area contributed by atoms with Crippen molar-refractivity contribution in [3.8, 4) is 0 Å². The van der Waals surface area contributed by atoms with Gasteiger partial charge in [0.05, 0.1) is 70.5 Å². The minimum atomic E-state index is -3.43. The van der Waals surface area contributed by atoms with Gasteiger partial charge in [0.2, 0.25) is 17.7 Å². The fourth-order valence-electron chi connectivity index (χ4n) is 11.3. The minimum Gasteiger partial charge on any atom is -0.477 e. The molecule has 0 spiro atoms. The highest BCUT2D eigenvalue weighted by Crippen LogP contribution is 2.41. The number of hydrogen-bond donors (Lipinski definition) is 25. The maximum absolute atomic E-state index is 13.6. The van der Waals surface area contributed by atoms with Crippen molar-refractivity contribution < 1.29 is 188 Å². The molecule has 3 amide bonds. The third-order valence-corrected chi connectivity index (χ3v) is 16.3. The van der Waals surface area contributed by atoms with Crippen LogP contribution in [0.15, 0.2) is 0 Å². The van der Waals surface area contributed by atoms with E-state index in [1.807, 2.05) is 0 Å². The van der Waals surface area contributed by atoms with Gasteiger partial charge in [0, 0.05) is 27.2 Å². The van der Waals surface area contributed by atoms with Gasteiger partial charge >= 0.3 is 5.97 Å². The van der Waals surface area contributed by atoms with Crippen LogP contribution in [-0.4, -0.2) is 396 Å². The predicted molar refractivity (Wildman–Crippen MR) is 285 cm³/mol. The van der Waals surface area contributed by atoms with Crippen LogP contribution >= 0.6 is 0 Å². The van der Waals surface area contributed by atoms with E-state index >= 15 is 0 Å². The Hall–Kier alpha value is -3.44. The monoisotopic (exact) mass is 1350 g/mol. The Balaban J connectivity index is 1.42. The molecule has 0 aromatic rings. The van der Waals surface area contributed by atoms with Gasteiger partial charge in [-0.05, 0) is 6.92 Å². The molecule has 92 heavy (non-hydrogen) atoms. The number of rotatable bonds is 28. The normalized spacial score (nSPS) is 44.0. The zero-order valence-corrected chi connectivity index (χ0v) is 49.7. The van der Waals surface area contributed by atoms with Crippen LogP contribution in [0.4, 0.5) is 0 Å². The number of ether oxygens (including phenoxy) is 12. The molecule has 35 atom stereocenters. The quantitative estimate of drug-likeness (QED) is 0.0346. The highest BCUT2D eigenvalue weighted by molar-refractivity contribution is 5.77. The fraction of sp³-hybridized carbons (Fsp3) is 0.922. The summed E-state index contributed by atoms with van der Waals surface area (Å²) >= 11 is 0. The highest BCUT2D eigenvalue weighted by Gasteiger charge is 2.62. The van der Waals surface area contributed by atoms with Gasteiger partial charge in [0.25, 0.3) is 5.79 Å². The van der Waals surface area contributed by atoms with Gasteiger partial charge < -0.3 is 185 Å². The van der Waals surface area contributed by atoms with Gasteiger partial charge in [-0.15, -0.1) is 0 Å². The molecule has 0 aliphatic carbocycles. The molecule has 6 aliphatic heterocycles. The Bertz CT molecular complexity index is 2340. The molecule has 0 bridgehead atoms. The molecule has 6 fully saturated rings. The molecule has 0 aromatic carbocycles. The van der Waals surface area contributed by atoms with Crippen LogP contribution < -0.4 is 16.0 Å². The number of carboxylic acid groups (broad SMARTS) is 1. The van der Waals surface area contributed by atoms with Crippen molar-refractivity contribution in [3.05, 3.63) is 0 Å². The van der Waals surface area contributed by atoms with Crippen molar-refractivity contribution in [2.24, 2.45) is 0 Å². The summed E-state index contributed by atoms with van der Waals surface area (Å²) in [5, 5.41) is 246. The van der Waals surface area contributed by atoms with E-state index in [9.17, 15) is 132 Å². The third-order valence-electron chi connectivity index (χ3n) is 16.3. The number of carboxylic acids is 1. The lowest BCUT2D eigenvalue weighted by Crippen LogP contribution is -2.72. The number of nitrogens with one attached hydrogen (secondary N) is 3. The molecule has 6 aliphatic rings. The van der Waals surface area contributed by atoms with Crippen molar-refractivity contribution in [2.75, 3.05) is 46.2 Å². The van der Waals surface area contributed by atoms with E-state index in [-0.39, 0.29) is 0 Å². The second-order valence-corrected chi connectivity index (χ2v) is 23.0. The van der Waals surface area contributed by atoms with E-state index < -0.39 is 290 Å². The molecule has 25 N–H and O–H groups in total. The Morgan fingerprint density at radius 1 is 0.511 bits per heavy atom. The first-order valence-electron chi connectivity index (χ1n) is 29.0. The van der Waals surface area contributed by atoms with E-state index in [1.165, 1.54) is 6.92 Å². The number of hydrogen-bond acceptors (Lipinski definition) is 37. The maximum Gasteiger partial charge on any atom is 0.364 e. The van der Waals surface area contributed by atoms with E-state index in [0.29, 0.717) is 0 Å². The number of aliphatic hydroxyl groups excluding tert-OH is 21. The number of aliphatic carboxylic acids is 1. The molecule has 0 unspecified atom stereocenters. The van der Waals surface area contributed by atoms with Gasteiger partial charge in [-0.25, -0.2) is 4.79 Å². The van der Waals surface area contributed by atoms with Crippen LogP contribution in [0.5, 0.6) is 0 Å². The predicted octanol–water partition coefficient (Wildman–Crippen LogP) is -16.0. The lowest BCUT2D eigenvalue weighted by atomic mass is 9.88. The number of aliphatic hydroxyl groups is 21. The number of carbonyl (C=O) groups excluding carboxylic acids is 3. The summed E-state index contributed by atoms with van der Waals surface area (Å²) in [5.41, 5.74) is 0. The summed E-state index contributed by atoms with van der Waals surface area (Å²) in [4.78, 5) is 51.5. The first-order valence-corrected chi connectivity index (χ1v) is 29.0. The Labute approximate surface area is 521 Å². The minimum absolute atomic E-state index is 0.854. The smallest absolute Gasteiger partial charge is 0.364 e. The average Bonchev–Trinajstić information content (AvgIpc) is 0.772. The van der Waals surface area contributed by atoms with Crippen molar-refractivity contribution in [2.45, 2.75) is 248 Å². The van der Waals surface area contributed by atoms with Crippen molar-refractivity contribution >= 4 is 23.7 Å². The highest BCUT2D eigenvalue weighted by atomic mass is 16.8. The number of amides is 3. The van der Waals surface area contributed by atoms with Crippen molar-refractivity contribution in [1.82, 2.24) is 16.0 Å². The van der Waals surface area contributed by atoms with Gasteiger partial charge in [-0.2, -0.15) is 0 Å². The first kappa shape index (κ1) is 77.6. The molecule has 534 valence electrons. The third kappa shape index (κ3) is 17.4. The summed E-state index contributed by atoms with van der Waals surface area (Å²) in [6.45, 7) is -4.03.